The molecule has 2 heterocycles. The monoisotopic (exact) mass is 373 g/mol. The average molecular weight is 373 g/mol. The number of anilines is 1. The second-order valence-electron chi connectivity index (χ2n) is 4.86. The highest BCUT2D eigenvalue weighted by atomic mass is 31.2. The predicted octanol–water partition coefficient (Wildman–Crippen LogP) is 1.18. The third-order valence-corrected chi connectivity index (χ3v) is 3.94. The van der Waals surface area contributed by atoms with Crippen LogP contribution >= 0.6 is 7.60 Å². The first kappa shape index (κ1) is 18.5. The number of imidazole rings is 1. The van der Waals surface area contributed by atoms with E-state index >= 15 is 0 Å². The fraction of sp³-hybridized carbons (Fsp3) is 0.500. The van der Waals surface area contributed by atoms with E-state index in [1.807, 2.05) is 0 Å². The lowest BCUT2D eigenvalue weighted by Gasteiger charge is -2.28. The van der Waals surface area contributed by atoms with Gasteiger partial charge in [-0.3, -0.25) is 4.57 Å². The molecule has 0 aliphatic rings. The molecule has 2 rings (SSSR count). The first-order valence-corrected chi connectivity index (χ1v) is 7.88. The molecule has 134 valence electrons. The van der Waals surface area contributed by atoms with Crippen LogP contribution in [0.1, 0.15) is 6.92 Å². The van der Waals surface area contributed by atoms with Crippen molar-refractivity contribution in [3.63, 3.8) is 0 Å². The van der Waals surface area contributed by atoms with Gasteiger partial charge in [0.25, 0.3) is 0 Å². The first-order valence-electron chi connectivity index (χ1n) is 6.27. The van der Waals surface area contributed by atoms with Crippen LogP contribution in [-0.4, -0.2) is 47.2 Å². The van der Waals surface area contributed by atoms with Crippen LogP contribution in [0.25, 0.3) is 11.2 Å². The SMILES string of the molecule is C[C@H](Cn1cnc2c(N)ncnc21)OC(F)(F)C(F)(F)P(=O)(O)O. The van der Waals surface area contributed by atoms with Gasteiger partial charge in [0.2, 0.25) is 0 Å². The van der Waals surface area contributed by atoms with Gasteiger partial charge in [-0.1, -0.05) is 0 Å². The van der Waals surface area contributed by atoms with Gasteiger partial charge >= 0.3 is 19.4 Å². The minimum absolute atomic E-state index is 0.0330. The van der Waals surface area contributed by atoms with E-state index in [0.717, 1.165) is 19.6 Å². The number of hydrogen-bond donors (Lipinski definition) is 3. The lowest BCUT2D eigenvalue weighted by Crippen LogP contribution is -2.45. The fourth-order valence-corrected chi connectivity index (χ4v) is 2.23. The van der Waals surface area contributed by atoms with Gasteiger partial charge in [0.1, 0.15) is 11.8 Å². The summed E-state index contributed by atoms with van der Waals surface area (Å²) in [6, 6.07) is 0. The number of hydrogen-bond acceptors (Lipinski definition) is 6. The first-order chi connectivity index (χ1) is 10.9. The maximum absolute atomic E-state index is 13.4. The number of nitrogen functional groups attached to an aromatic ring is 1. The normalized spacial score (nSPS) is 15.0. The van der Waals surface area contributed by atoms with Crippen LogP contribution in [0.15, 0.2) is 12.7 Å². The number of alkyl halides is 4. The number of rotatable bonds is 6. The Morgan fingerprint density at radius 2 is 1.96 bits per heavy atom. The van der Waals surface area contributed by atoms with Gasteiger partial charge in [-0.25, -0.2) is 15.0 Å². The van der Waals surface area contributed by atoms with Gasteiger partial charge < -0.3 is 24.8 Å². The van der Waals surface area contributed by atoms with Crippen LogP contribution in [-0.2, 0) is 15.8 Å². The Labute approximate surface area is 131 Å². The van der Waals surface area contributed by atoms with Crippen molar-refractivity contribution in [2.75, 3.05) is 5.73 Å². The zero-order valence-electron chi connectivity index (χ0n) is 12.0. The lowest BCUT2D eigenvalue weighted by atomic mass is 10.4. The number of fused-ring (bicyclic) bond motifs is 1. The second-order valence-corrected chi connectivity index (χ2v) is 6.51. The Morgan fingerprint density at radius 3 is 2.54 bits per heavy atom. The van der Waals surface area contributed by atoms with Crippen molar-refractivity contribution in [3.05, 3.63) is 12.7 Å². The standard InChI is InChI=1S/C10H12F4N5O4P/c1-5(23-9(11,12)10(13,14)24(20,21)22)2-19-4-18-6-7(15)16-3-17-8(6)19/h3-5H,2H2,1H3,(H2,15,16,17)(H2,20,21,22)/t5-/m1/s1. The highest BCUT2D eigenvalue weighted by Crippen LogP contribution is 2.60. The number of nitrogens with two attached hydrogens (primary N) is 1. The molecule has 0 aromatic carbocycles. The number of halogens is 4. The summed E-state index contributed by atoms with van der Waals surface area (Å²) in [6.45, 7) is 0.611. The Kier molecular flexibility index (Phi) is 4.57. The Bertz CT molecular complexity index is 795. The highest BCUT2D eigenvalue weighted by molar-refractivity contribution is 7.53. The minimum atomic E-state index is -6.43. The molecule has 0 radical (unpaired) electrons. The molecular weight excluding hydrogens is 361 g/mol. The van der Waals surface area contributed by atoms with E-state index in [0.29, 0.717) is 0 Å². The van der Waals surface area contributed by atoms with Crippen LogP contribution in [0.2, 0.25) is 0 Å². The average Bonchev–Trinajstić information content (AvgIpc) is 2.81. The van der Waals surface area contributed by atoms with Crippen molar-refractivity contribution in [1.29, 1.82) is 0 Å². The van der Waals surface area contributed by atoms with E-state index in [-0.39, 0.29) is 17.0 Å². The summed E-state index contributed by atoms with van der Waals surface area (Å²) >= 11 is 0. The van der Waals surface area contributed by atoms with E-state index in [9.17, 15) is 22.1 Å². The maximum Gasteiger partial charge on any atom is 0.434 e. The minimum Gasteiger partial charge on any atom is -0.382 e. The molecular formula is C10H12F4N5O4P. The molecule has 2 aromatic rings. The summed E-state index contributed by atoms with van der Waals surface area (Å²) in [5.74, 6) is 0.0330. The van der Waals surface area contributed by atoms with Gasteiger partial charge in [-0.2, -0.15) is 17.6 Å². The molecule has 4 N–H and O–H groups in total. The summed E-state index contributed by atoms with van der Waals surface area (Å²) in [4.78, 5) is 28.1. The van der Waals surface area contributed by atoms with Crippen molar-refractivity contribution >= 4 is 24.6 Å². The largest absolute Gasteiger partial charge is 0.434 e. The molecule has 0 aliphatic heterocycles. The summed E-state index contributed by atoms with van der Waals surface area (Å²) < 4.78 is 68.8. The molecule has 0 fully saturated rings. The molecule has 9 nitrogen and oxygen atoms in total. The third-order valence-electron chi connectivity index (χ3n) is 2.95. The molecule has 0 spiro atoms. The number of aromatic nitrogens is 4. The predicted molar refractivity (Wildman–Crippen MR) is 72.2 cm³/mol. The Balaban J connectivity index is 2.19. The van der Waals surface area contributed by atoms with Crippen LogP contribution in [0.5, 0.6) is 0 Å². The van der Waals surface area contributed by atoms with Crippen molar-refractivity contribution < 1.29 is 36.7 Å². The van der Waals surface area contributed by atoms with Crippen LogP contribution in [0.3, 0.4) is 0 Å². The second kappa shape index (κ2) is 5.92. The van der Waals surface area contributed by atoms with Crippen molar-refractivity contribution in [2.24, 2.45) is 0 Å². The van der Waals surface area contributed by atoms with E-state index in [1.54, 1.807) is 0 Å². The fourth-order valence-electron chi connectivity index (χ4n) is 1.84. The zero-order valence-corrected chi connectivity index (χ0v) is 12.9. The molecule has 14 heteroatoms. The molecule has 0 saturated heterocycles. The van der Waals surface area contributed by atoms with E-state index < -0.39 is 32.0 Å². The highest BCUT2D eigenvalue weighted by Gasteiger charge is 2.70. The van der Waals surface area contributed by atoms with Crippen molar-refractivity contribution in [2.45, 2.75) is 31.3 Å². The van der Waals surface area contributed by atoms with Gasteiger partial charge in [0.15, 0.2) is 11.5 Å². The van der Waals surface area contributed by atoms with Gasteiger partial charge in [-0.05, 0) is 6.92 Å². The van der Waals surface area contributed by atoms with Gasteiger partial charge in [0, 0.05) is 0 Å². The zero-order chi connectivity index (χ0) is 18.3. The summed E-state index contributed by atoms with van der Waals surface area (Å²) in [5.41, 5.74) is 0.208. The molecule has 1 atom stereocenters. The van der Waals surface area contributed by atoms with E-state index in [2.05, 4.69) is 19.7 Å². The Hall–Kier alpha value is -1.82. The van der Waals surface area contributed by atoms with Gasteiger partial charge in [0.05, 0.1) is 19.0 Å². The van der Waals surface area contributed by atoms with Crippen molar-refractivity contribution in [1.82, 2.24) is 19.5 Å². The van der Waals surface area contributed by atoms with E-state index in [4.69, 9.17) is 15.5 Å². The Morgan fingerprint density at radius 1 is 1.33 bits per heavy atom. The van der Waals surface area contributed by atoms with Gasteiger partial charge in [-0.15, -0.1) is 0 Å². The molecule has 0 amide bonds. The summed E-state index contributed by atoms with van der Waals surface area (Å²) in [7, 11) is -6.43. The molecule has 0 bridgehead atoms. The van der Waals surface area contributed by atoms with Crippen LogP contribution < -0.4 is 5.73 Å². The quantitative estimate of drug-likeness (QED) is 0.507. The smallest absolute Gasteiger partial charge is 0.382 e. The molecule has 0 saturated carbocycles. The van der Waals surface area contributed by atoms with Crippen LogP contribution in [0, 0.1) is 0 Å². The topological polar surface area (TPSA) is 136 Å². The molecule has 0 unspecified atom stereocenters. The number of nitrogens with zero attached hydrogens (tertiary/aromatic N) is 4. The van der Waals surface area contributed by atoms with Crippen molar-refractivity contribution in [3.8, 4) is 0 Å². The molecule has 24 heavy (non-hydrogen) atoms. The number of ether oxygens (including phenoxy) is 1. The molecule has 0 aliphatic carbocycles. The lowest BCUT2D eigenvalue weighted by molar-refractivity contribution is -0.336. The third kappa shape index (κ3) is 3.20. The van der Waals surface area contributed by atoms with Crippen LogP contribution in [0.4, 0.5) is 23.4 Å². The summed E-state index contributed by atoms with van der Waals surface area (Å²) in [6.07, 6.45) is -4.69. The summed E-state index contributed by atoms with van der Waals surface area (Å²) in [5, 5.41) is 0. The maximum atomic E-state index is 13.4. The molecule has 2 aromatic heterocycles. The van der Waals surface area contributed by atoms with E-state index in [1.165, 1.54) is 4.57 Å².